The molecule has 1 aromatic heterocycles. The molecule has 13 aromatic rings. The lowest BCUT2D eigenvalue weighted by molar-refractivity contribution is 1.18. The van der Waals surface area contributed by atoms with Gasteiger partial charge in [-0.3, -0.25) is 0 Å². The summed E-state index contributed by atoms with van der Waals surface area (Å²) >= 11 is 0. The Morgan fingerprint density at radius 3 is 1.25 bits per heavy atom. The molecule has 0 radical (unpaired) electrons. The molecule has 0 amide bonds. The predicted molar refractivity (Wildman–Crippen MR) is 306 cm³/mol. The molecule has 2 nitrogen and oxygen atoms in total. The number of rotatable bonds is 10. The molecule has 1 heterocycles. The summed E-state index contributed by atoms with van der Waals surface area (Å²) in [5.41, 5.74) is 21.1. The Balaban J connectivity index is 0.841. The van der Waals surface area contributed by atoms with Crippen molar-refractivity contribution < 1.29 is 0 Å². The first kappa shape index (κ1) is 42.6. The summed E-state index contributed by atoms with van der Waals surface area (Å²) < 4.78 is 2.41. The molecule has 0 saturated heterocycles. The van der Waals surface area contributed by atoms with E-state index in [0.717, 1.165) is 28.2 Å². The molecule has 0 saturated carbocycles. The van der Waals surface area contributed by atoms with Gasteiger partial charge < -0.3 is 9.47 Å². The third kappa shape index (κ3) is 8.01. The second-order valence-corrected chi connectivity index (χ2v) is 18.5. The highest BCUT2D eigenvalue weighted by Crippen LogP contribution is 2.41. The first-order chi connectivity index (χ1) is 35.7. The van der Waals surface area contributed by atoms with E-state index < -0.39 is 0 Å². The van der Waals surface area contributed by atoms with Gasteiger partial charge in [-0.15, -0.1) is 0 Å². The van der Waals surface area contributed by atoms with Crippen LogP contribution in [0.15, 0.2) is 291 Å². The maximum Gasteiger partial charge on any atom is 0.0541 e. The molecule has 0 N–H and O–H groups in total. The SMILES string of the molecule is c1ccc(-c2cccc(-c3cccc(N(c4ccc(-c5ccc(-c6ccccc6-n6c7ccccc7c7ccccc76)cc5)cc4)c4ccc(-c5cccc(-c6ccc7ccccc7c6)c5)cc4)c3)c2)cc1. The Bertz CT molecular complexity index is 4020. The summed E-state index contributed by atoms with van der Waals surface area (Å²) in [7, 11) is 0. The number of para-hydroxylation sites is 3. The van der Waals surface area contributed by atoms with E-state index >= 15 is 0 Å². The minimum Gasteiger partial charge on any atom is -0.310 e. The Morgan fingerprint density at radius 1 is 0.222 bits per heavy atom. The van der Waals surface area contributed by atoms with Crippen molar-refractivity contribution in [3.63, 3.8) is 0 Å². The molecule has 0 aliphatic heterocycles. The van der Waals surface area contributed by atoms with Crippen LogP contribution in [0.3, 0.4) is 0 Å². The molecule has 0 fully saturated rings. The number of fused-ring (bicyclic) bond motifs is 4. The van der Waals surface area contributed by atoms with E-state index in [0.29, 0.717) is 0 Å². The highest BCUT2D eigenvalue weighted by atomic mass is 15.1. The minimum absolute atomic E-state index is 1.08. The number of nitrogens with zero attached hydrogens (tertiary/aromatic N) is 2. The van der Waals surface area contributed by atoms with Crippen molar-refractivity contribution in [2.75, 3.05) is 4.90 Å². The van der Waals surface area contributed by atoms with Crippen LogP contribution < -0.4 is 4.90 Å². The summed E-state index contributed by atoms with van der Waals surface area (Å²) in [5.74, 6) is 0. The lowest BCUT2D eigenvalue weighted by atomic mass is 9.97. The molecule has 0 spiro atoms. The molecular formula is C70H48N2. The minimum atomic E-state index is 1.08. The van der Waals surface area contributed by atoms with Crippen LogP contribution in [0.1, 0.15) is 0 Å². The molecular weight excluding hydrogens is 869 g/mol. The average molecular weight is 917 g/mol. The predicted octanol–water partition coefficient (Wildman–Crippen LogP) is 19.4. The molecule has 0 bridgehead atoms. The quantitative estimate of drug-likeness (QED) is 0.133. The first-order valence-corrected chi connectivity index (χ1v) is 24.7. The summed E-state index contributed by atoms with van der Waals surface area (Å²) in [5, 5.41) is 5.02. The van der Waals surface area contributed by atoms with Crippen molar-refractivity contribution in [1.29, 1.82) is 0 Å². The van der Waals surface area contributed by atoms with Gasteiger partial charge in [0.25, 0.3) is 0 Å². The first-order valence-electron chi connectivity index (χ1n) is 24.7. The van der Waals surface area contributed by atoms with Crippen LogP contribution in [0.4, 0.5) is 17.1 Å². The van der Waals surface area contributed by atoms with Crippen LogP contribution >= 0.6 is 0 Å². The second kappa shape index (κ2) is 18.4. The van der Waals surface area contributed by atoms with Gasteiger partial charge in [0.15, 0.2) is 0 Å². The largest absolute Gasteiger partial charge is 0.310 e. The van der Waals surface area contributed by atoms with Gasteiger partial charge in [-0.05, 0) is 145 Å². The molecule has 0 unspecified atom stereocenters. The number of anilines is 3. The smallest absolute Gasteiger partial charge is 0.0541 e. The molecule has 338 valence electrons. The van der Waals surface area contributed by atoms with E-state index in [9.17, 15) is 0 Å². The fraction of sp³-hybridized carbons (Fsp3) is 0. The Hall–Kier alpha value is -9.50. The number of hydrogen-bond acceptors (Lipinski definition) is 1. The van der Waals surface area contributed by atoms with Gasteiger partial charge in [-0.1, -0.05) is 218 Å². The van der Waals surface area contributed by atoms with Gasteiger partial charge in [0.05, 0.1) is 16.7 Å². The molecule has 13 rings (SSSR count). The van der Waals surface area contributed by atoms with Gasteiger partial charge in [-0.25, -0.2) is 0 Å². The Morgan fingerprint density at radius 2 is 0.625 bits per heavy atom. The van der Waals surface area contributed by atoms with E-state index in [-0.39, 0.29) is 0 Å². The third-order valence-corrected chi connectivity index (χ3v) is 14.2. The molecule has 0 aliphatic rings. The van der Waals surface area contributed by atoms with E-state index in [1.54, 1.807) is 0 Å². The summed E-state index contributed by atoms with van der Waals surface area (Å²) in [4.78, 5) is 2.37. The molecule has 0 atom stereocenters. The topological polar surface area (TPSA) is 8.17 Å². The molecule has 0 aliphatic carbocycles. The highest BCUT2D eigenvalue weighted by molar-refractivity contribution is 6.09. The maximum atomic E-state index is 2.41. The maximum absolute atomic E-state index is 2.41. The molecule has 72 heavy (non-hydrogen) atoms. The third-order valence-electron chi connectivity index (χ3n) is 14.2. The fourth-order valence-electron chi connectivity index (χ4n) is 10.6. The van der Waals surface area contributed by atoms with Gasteiger partial charge in [0.2, 0.25) is 0 Å². The Kier molecular flexibility index (Phi) is 10.9. The fourth-order valence-corrected chi connectivity index (χ4v) is 10.6. The number of aromatic nitrogens is 1. The standard InChI is InChI=1S/C70H48N2/c1-2-15-49(16-3-1)56-19-12-21-58(45-56)60-23-14-24-64(48-60)71(63-43-39-53(40-44-63)57-20-13-22-59(46-57)61-36-33-50-17-4-5-18-55(50)47-61)62-41-37-52(38-42-62)51-31-34-54(35-32-51)65-25-6-9-28-68(65)72-69-29-10-7-26-66(69)67-27-8-11-30-70(67)72/h1-48H. The van der Waals surface area contributed by atoms with E-state index in [2.05, 4.69) is 301 Å². The van der Waals surface area contributed by atoms with Gasteiger partial charge >= 0.3 is 0 Å². The monoisotopic (exact) mass is 916 g/mol. The summed E-state index contributed by atoms with van der Waals surface area (Å²) in [6.07, 6.45) is 0. The zero-order valence-corrected chi connectivity index (χ0v) is 39.6. The summed E-state index contributed by atoms with van der Waals surface area (Å²) in [6, 6.07) is 106. The van der Waals surface area contributed by atoms with Crippen molar-refractivity contribution in [3.8, 4) is 72.4 Å². The normalized spacial score (nSPS) is 11.3. The lowest BCUT2D eigenvalue weighted by Crippen LogP contribution is -2.10. The van der Waals surface area contributed by atoms with E-state index in [1.165, 1.54) is 93.9 Å². The number of benzene rings is 12. The Labute approximate surface area is 420 Å². The lowest BCUT2D eigenvalue weighted by Gasteiger charge is -2.26. The van der Waals surface area contributed by atoms with Crippen molar-refractivity contribution in [2.24, 2.45) is 0 Å². The van der Waals surface area contributed by atoms with E-state index in [1.807, 2.05) is 0 Å². The van der Waals surface area contributed by atoms with Gasteiger partial charge in [-0.2, -0.15) is 0 Å². The van der Waals surface area contributed by atoms with Crippen molar-refractivity contribution >= 4 is 49.6 Å². The van der Waals surface area contributed by atoms with Crippen LogP contribution in [0.2, 0.25) is 0 Å². The van der Waals surface area contributed by atoms with E-state index in [4.69, 9.17) is 0 Å². The van der Waals surface area contributed by atoms with Crippen LogP contribution in [0.25, 0.3) is 105 Å². The number of hydrogen-bond donors (Lipinski definition) is 0. The van der Waals surface area contributed by atoms with Gasteiger partial charge in [0.1, 0.15) is 0 Å². The average Bonchev–Trinajstić information content (AvgIpc) is 3.80. The highest BCUT2D eigenvalue weighted by Gasteiger charge is 2.17. The summed E-state index contributed by atoms with van der Waals surface area (Å²) in [6.45, 7) is 0. The van der Waals surface area contributed by atoms with Crippen LogP contribution in [0, 0.1) is 0 Å². The van der Waals surface area contributed by atoms with Gasteiger partial charge in [0, 0.05) is 33.4 Å². The van der Waals surface area contributed by atoms with Crippen LogP contribution in [-0.2, 0) is 0 Å². The molecule has 12 aromatic carbocycles. The second-order valence-electron chi connectivity index (χ2n) is 18.5. The zero-order chi connectivity index (χ0) is 47.8. The van der Waals surface area contributed by atoms with Crippen molar-refractivity contribution in [3.05, 3.63) is 291 Å². The van der Waals surface area contributed by atoms with Crippen LogP contribution in [-0.4, -0.2) is 4.57 Å². The van der Waals surface area contributed by atoms with Crippen molar-refractivity contribution in [1.82, 2.24) is 4.57 Å². The van der Waals surface area contributed by atoms with Crippen molar-refractivity contribution in [2.45, 2.75) is 0 Å². The van der Waals surface area contributed by atoms with Crippen LogP contribution in [0.5, 0.6) is 0 Å². The zero-order valence-electron chi connectivity index (χ0n) is 39.6. The molecule has 2 heteroatoms.